The van der Waals surface area contributed by atoms with Crippen LogP contribution in [0.1, 0.15) is 59.3 Å². The van der Waals surface area contributed by atoms with Gasteiger partial charge in [0.05, 0.1) is 6.10 Å². The molecule has 0 aliphatic heterocycles. The highest BCUT2D eigenvalue weighted by molar-refractivity contribution is 5.87. The van der Waals surface area contributed by atoms with Gasteiger partial charge in [-0.25, -0.2) is 4.79 Å². The van der Waals surface area contributed by atoms with E-state index in [9.17, 15) is 4.79 Å². The molecule has 0 aromatic rings. The Morgan fingerprint density at radius 2 is 1.94 bits per heavy atom. The number of hydrogen-bond donors (Lipinski definition) is 0. The fourth-order valence-corrected chi connectivity index (χ4v) is 2.63. The van der Waals surface area contributed by atoms with Crippen molar-refractivity contribution in [1.82, 2.24) is 0 Å². The van der Waals surface area contributed by atoms with Crippen molar-refractivity contribution in [2.45, 2.75) is 65.4 Å². The van der Waals surface area contributed by atoms with E-state index >= 15 is 0 Å². The van der Waals surface area contributed by atoms with Crippen LogP contribution in [0.4, 0.5) is 0 Å². The zero-order chi connectivity index (χ0) is 12.2. The number of rotatable bonds is 4. The molecule has 1 fully saturated rings. The average molecular weight is 224 g/mol. The van der Waals surface area contributed by atoms with Crippen LogP contribution in [0.5, 0.6) is 0 Å². The Labute approximate surface area is 99.1 Å². The highest BCUT2D eigenvalue weighted by Crippen LogP contribution is 2.40. The molecule has 2 heteroatoms. The van der Waals surface area contributed by atoms with Crippen molar-refractivity contribution in [1.29, 1.82) is 0 Å². The zero-order valence-electron chi connectivity index (χ0n) is 10.8. The Kier molecular flexibility index (Phi) is 4.57. The third-order valence-electron chi connectivity index (χ3n) is 3.50. The van der Waals surface area contributed by atoms with Gasteiger partial charge in [-0.3, -0.25) is 0 Å². The van der Waals surface area contributed by atoms with Gasteiger partial charge in [-0.05, 0) is 38.5 Å². The second kappa shape index (κ2) is 5.51. The van der Waals surface area contributed by atoms with Crippen LogP contribution in [-0.4, -0.2) is 12.1 Å². The van der Waals surface area contributed by atoms with Gasteiger partial charge >= 0.3 is 5.97 Å². The molecule has 0 spiro atoms. The van der Waals surface area contributed by atoms with Crippen LogP contribution in [0.25, 0.3) is 0 Å². The monoisotopic (exact) mass is 224 g/mol. The summed E-state index contributed by atoms with van der Waals surface area (Å²) < 4.78 is 5.34. The molecular formula is C14H24O2. The quantitative estimate of drug-likeness (QED) is 0.535. The van der Waals surface area contributed by atoms with Gasteiger partial charge in [-0.2, -0.15) is 0 Å². The Balaban J connectivity index is 2.40. The first kappa shape index (κ1) is 13.3. The summed E-state index contributed by atoms with van der Waals surface area (Å²) >= 11 is 0. The van der Waals surface area contributed by atoms with Gasteiger partial charge in [-0.15, -0.1) is 0 Å². The minimum atomic E-state index is -0.257. The fourth-order valence-electron chi connectivity index (χ4n) is 2.63. The Morgan fingerprint density at radius 3 is 2.44 bits per heavy atom. The topological polar surface area (TPSA) is 26.3 Å². The molecule has 1 aliphatic carbocycles. The lowest BCUT2D eigenvalue weighted by atomic mass is 9.72. The summed E-state index contributed by atoms with van der Waals surface area (Å²) in [6.07, 6.45) is 7.51. The number of carbonyl (C=O) groups excluding carboxylic acids is 1. The lowest BCUT2D eigenvalue weighted by Gasteiger charge is -2.35. The maximum absolute atomic E-state index is 11.4. The molecule has 0 amide bonds. The summed E-state index contributed by atoms with van der Waals surface area (Å²) in [5, 5.41) is 0. The molecule has 1 aliphatic rings. The van der Waals surface area contributed by atoms with Crippen molar-refractivity contribution in [3.8, 4) is 0 Å². The molecule has 0 heterocycles. The molecule has 16 heavy (non-hydrogen) atoms. The summed E-state index contributed by atoms with van der Waals surface area (Å²) in [6, 6.07) is 0. The molecule has 0 bridgehead atoms. The van der Waals surface area contributed by atoms with Gasteiger partial charge in [0.2, 0.25) is 0 Å². The van der Waals surface area contributed by atoms with Crippen molar-refractivity contribution < 1.29 is 9.53 Å². The van der Waals surface area contributed by atoms with Crippen LogP contribution in [0.15, 0.2) is 12.2 Å². The molecule has 1 saturated carbocycles. The third kappa shape index (κ3) is 3.99. The SMILES string of the molecule is C=C(C)C(=O)OC(C)CC1(C)CCCCC1. The van der Waals surface area contributed by atoms with E-state index in [1.54, 1.807) is 6.92 Å². The molecule has 2 nitrogen and oxygen atoms in total. The molecule has 0 saturated heterocycles. The maximum Gasteiger partial charge on any atom is 0.333 e. The van der Waals surface area contributed by atoms with Crippen LogP contribution in [-0.2, 0) is 9.53 Å². The van der Waals surface area contributed by atoms with Crippen molar-refractivity contribution >= 4 is 5.97 Å². The maximum atomic E-state index is 11.4. The predicted molar refractivity (Wildman–Crippen MR) is 66.2 cm³/mol. The molecule has 1 unspecified atom stereocenters. The Morgan fingerprint density at radius 1 is 1.38 bits per heavy atom. The average Bonchev–Trinajstić information content (AvgIpc) is 2.17. The summed E-state index contributed by atoms with van der Waals surface area (Å²) in [5.41, 5.74) is 0.855. The second-order valence-electron chi connectivity index (χ2n) is 5.57. The summed E-state index contributed by atoms with van der Waals surface area (Å²) in [7, 11) is 0. The molecular weight excluding hydrogens is 200 g/mol. The first-order valence-electron chi connectivity index (χ1n) is 6.29. The lowest BCUT2D eigenvalue weighted by Crippen LogP contribution is -2.27. The zero-order valence-corrected chi connectivity index (χ0v) is 10.8. The highest BCUT2D eigenvalue weighted by Gasteiger charge is 2.29. The lowest BCUT2D eigenvalue weighted by molar-refractivity contribution is -0.145. The molecule has 1 atom stereocenters. The van der Waals surface area contributed by atoms with E-state index < -0.39 is 0 Å². The van der Waals surface area contributed by atoms with Gasteiger partial charge in [-0.1, -0.05) is 32.8 Å². The molecule has 1 rings (SSSR count). The smallest absolute Gasteiger partial charge is 0.333 e. The van der Waals surface area contributed by atoms with Crippen molar-refractivity contribution in [3.63, 3.8) is 0 Å². The minimum Gasteiger partial charge on any atom is -0.459 e. The number of carbonyl (C=O) groups is 1. The molecule has 0 radical (unpaired) electrons. The highest BCUT2D eigenvalue weighted by atomic mass is 16.5. The van der Waals surface area contributed by atoms with Gasteiger partial charge in [0, 0.05) is 5.57 Å². The first-order valence-corrected chi connectivity index (χ1v) is 6.29. The Bertz CT molecular complexity index is 262. The fraction of sp³-hybridized carbons (Fsp3) is 0.786. The number of ether oxygens (including phenoxy) is 1. The van der Waals surface area contributed by atoms with Gasteiger partial charge < -0.3 is 4.74 Å². The van der Waals surface area contributed by atoms with E-state index in [-0.39, 0.29) is 12.1 Å². The molecule has 0 N–H and O–H groups in total. The summed E-state index contributed by atoms with van der Waals surface area (Å²) in [6.45, 7) is 9.59. The third-order valence-corrected chi connectivity index (χ3v) is 3.50. The number of esters is 1. The van der Waals surface area contributed by atoms with E-state index in [2.05, 4.69) is 13.5 Å². The van der Waals surface area contributed by atoms with Crippen molar-refractivity contribution in [3.05, 3.63) is 12.2 Å². The van der Waals surface area contributed by atoms with Crippen LogP contribution < -0.4 is 0 Å². The minimum absolute atomic E-state index is 0.00676. The van der Waals surface area contributed by atoms with Gasteiger partial charge in [0.15, 0.2) is 0 Å². The molecule has 0 aromatic carbocycles. The van der Waals surface area contributed by atoms with Crippen LogP contribution in [0.3, 0.4) is 0 Å². The van der Waals surface area contributed by atoms with E-state index in [4.69, 9.17) is 4.74 Å². The van der Waals surface area contributed by atoms with Gasteiger partial charge in [0.1, 0.15) is 0 Å². The number of hydrogen-bond acceptors (Lipinski definition) is 2. The molecule has 92 valence electrons. The standard InChI is InChI=1S/C14H24O2/c1-11(2)13(15)16-12(3)10-14(4)8-6-5-7-9-14/h12H,1,5-10H2,2-4H3. The normalized spacial score (nSPS) is 21.2. The van der Waals surface area contributed by atoms with E-state index in [1.807, 2.05) is 6.92 Å². The Hall–Kier alpha value is -0.790. The van der Waals surface area contributed by atoms with E-state index in [1.165, 1.54) is 32.1 Å². The van der Waals surface area contributed by atoms with Crippen molar-refractivity contribution in [2.75, 3.05) is 0 Å². The van der Waals surface area contributed by atoms with E-state index in [0.717, 1.165) is 6.42 Å². The van der Waals surface area contributed by atoms with Crippen LogP contribution in [0.2, 0.25) is 0 Å². The van der Waals surface area contributed by atoms with Crippen LogP contribution in [0, 0.1) is 5.41 Å². The summed E-state index contributed by atoms with van der Waals surface area (Å²) in [5.74, 6) is -0.257. The largest absolute Gasteiger partial charge is 0.459 e. The molecule has 0 aromatic heterocycles. The first-order chi connectivity index (χ1) is 7.43. The van der Waals surface area contributed by atoms with Crippen LogP contribution >= 0.6 is 0 Å². The second-order valence-corrected chi connectivity index (χ2v) is 5.57. The van der Waals surface area contributed by atoms with E-state index in [0.29, 0.717) is 11.0 Å². The van der Waals surface area contributed by atoms with Gasteiger partial charge in [0.25, 0.3) is 0 Å². The van der Waals surface area contributed by atoms with Crippen molar-refractivity contribution in [2.24, 2.45) is 5.41 Å². The predicted octanol–water partition coefficient (Wildman–Crippen LogP) is 3.85. The summed E-state index contributed by atoms with van der Waals surface area (Å²) in [4.78, 5) is 11.4.